The molecule has 0 aliphatic carbocycles. The van der Waals surface area contributed by atoms with E-state index in [1.807, 2.05) is 78.0 Å². The maximum absolute atomic E-state index is 10.2. The minimum atomic E-state index is -0.941. The smallest absolute Gasteiger partial charge is 0.136 e. The Kier molecular flexibility index (Phi) is 8.97. The van der Waals surface area contributed by atoms with Gasteiger partial charge in [-0.2, -0.15) is 0 Å². The lowest BCUT2D eigenvalue weighted by Gasteiger charge is -2.35. The van der Waals surface area contributed by atoms with E-state index < -0.39 is 11.2 Å². The summed E-state index contributed by atoms with van der Waals surface area (Å²) in [6, 6.07) is 18.6. The van der Waals surface area contributed by atoms with Crippen molar-refractivity contribution in [2.75, 3.05) is 0 Å². The molecule has 1 N–H and O–H groups in total. The topological polar surface area (TPSA) is 42.6 Å². The van der Waals surface area contributed by atoms with Crippen LogP contribution in [-0.4, -0.2) is 16.3 Å². The predicted octanol–water partition coefficient (Wildman–Crippen LogP) is 8.92. The summed E-state index contributed by atoms with van der Waals surface area (Å²) in [6.45, 7) is 15.3. The quantitative estimate of drug-likeness (QED) is 0.248. The van der Waals surface area contributed by atoms with E-state index in [2.05, 4.69) is 30.3 Å². The number of furan rings is 1. The summed E-state index contributed by atoms with van der Waals surface area (Å²) in [4.78, 5) is 0.943. The minimum absolute atomic E-state index is 0.682. The molecule has 1 heterocycles. The third kappa shape index (κ3) is 5.94. The number of allylic oxidation sites excluding steroid dienone is 2. The fourth-order valence-corrected chi connectivity index (χ4v) is 3.54. The molecule has 0 aliphatic heterocycles. The summed E-state index contributed by atoms with van der Waals surface area (Å²) in [6.07, 6.45) is 4.00. The van der Waals surface area contributed by atoms with E-state index in [-0.39, 0.29) is 0 Å². The Bertz CT molecular complexity index is 1180. The number of rotatable bonds is 4. The van der Waals surface area contributed by atoms with E-state index in [9.17, 15) is 5.11 Å². The van der Waals surface area contributed by atoms with Crippen molar-refractivity contribution in [1.82, 2.24) is 0 Å². The highest BCUT2D eigenvalue weighted by molar-refractivity contribution is 7.94. The molecule has 0 saturated heterocycles. The van der Waals surface area contributed by atoms with Gasteiger partial charge in [0.25, 0.3) is 0 Å². The molecule has 0 aliphatic rings. The first-order valence-electron chi connectivity index (χ1n) is 11.2. The van der Waals surface area contributed by atoms with Gasteiger partial charge < -0.3 is 13.7 Å². The summed E-state index contributed by atoms with van der Waals surface area (Å²) < 4.78 is 12.0. The van der Waals surface area contributed by atoms with Crippen molar-refractivity contribution in [1.29, 1.82) is 0 Å². The van der Waals surface area contributed by atoms with Gasteiger partial charge in [0.2, 0.25) is 0 Å². The number of benzene rings is 3. The van der Waals surface area contributed by atoms with Gasteiger partial charge in [-0.25, -0.2) is 0 Å². The maximum Gasteiger partial charge on any atom is 0.136 e. The first-order valence-corrected chi connectivity index (χ1v) is 11.9. The first kappa shape index (κ1) is 26.0. The number of hydrogen-bond donors (Lipinski definition) is 1. The zero-order valence-corrected chi connectivity index (χ0v) is 21.3. The summed E-state index contributed by atoms with van der Waals surface area (Å²) in [5, 5.41) is 14.8. The first-order chi connectivity index (χ1) is 15.2. The van der Waals surface area contributed by atoms with Gasteiger partial charge in [-0.05, 0) is 82.6 Å². The van der Waals surface area contributed by atoms with E-state index >= 15 is 0 Å². The molecular formula is C28H36O3S. The highest BCUT2D eigenvalue weighted by atomic mass is 32.2. The van der Waals surface area contributed by atoms with Crippen LogP contribution < -0.4 is 0 Å². The molecule has 172 valence electrons. The van der Waals surface area contributed by atoms with Crippen LogP contribution in [0.3, 0.4) is 0 Å². The van der Waals surface area contributed by atoms with Gasteiger partial charge in [0.15, 0.2) is 0 Å². The molecule has 0 atom stereocenters. The van der Waals surface area contributed by atoms with Crippen LogP contribution in [0.4, 0.5) is 0 Å². The van der Waals surface area contributed by atoms with E-state index in [0.29, 0.717) is 0 Å². The van der Waals surface area contributed by atoms with Gasteiger partial charge in [0, 0.05) is 27.7 Å². The largest absolute Gasteiger partial charge is 0.456 e. The highest BCUT2D eigenvalue weighted by Gasteiger charge is 2.36. The van der Waals surface area contributed by atoms with Crippen molar-refractivity contribution >= 4 is 44.8 Å². The summed E-state index contributed by atoms with van der Waals surface area (Å²) in [5.74, 6) is 0. The number of aliphatic hydroxyl groups is 1. The fraction of sp³-hybridized carbons (Fsp3) is 0.357. The zero-order valence-electron chi connectivity index (χ0n) is 20.5. The van der Waals surface area contributed by atoms with Gasteiger partial charge in [0.1, 0.15) is 16.8 Å². The molecule has 0 radical (unpaired) electrons. The molecule has 0 saturated carbocycles. The Morgan fingerprint density at radius 1 is 0.812 bits per heavy atom. The van der Waals surface area contributed by atoms with Crippen LogP contribution in [-0.2, 0) is 4.18 Å². The standard InChI is InChI=1S/C22H22O3S.C4H8.C2H6/c1-21(2,23)22(3,4)25-26-16-9-10-17-18-11-14-7-5-6-8-15(14)12-19(18)24-20(17)13-16;1-3-4-2;1-2/h5-13,23H,1-4H3;3-4H,1-2H3;1-2H3/b;4-3-;. The molecule has 0 unspecified atom stereocenters. The van der Waals surface area contributed by atoms with Gasteiger partial charge >= 0.3 is 0 Å². The maximum atomic E-state index is 10.2. The SMILES string of the molecule is C/C=C\C.CC.CC(C)(O)C(C)(C)OSc1ccc2c(c1)oc1cc3ccccc3cc12. The molecule has 4 rings (SSSR count). The van der Waals surface area contributed by atoms with Crippen molar-refractivity contribution < 1.29 is 13.7 Å². The lowest BCUT2D eigenvalue weighted by molar-refractivity contribution is -0.0813. The van der Waals surface area contributed by atoms with Crippen molar-refractivity contribution in [3.63, 3.8) is 0 Å². The third-order valence-electron chi connectivity index (χ3n) is 5.46. The van der Waals surface area contributed by atoms with Crippen LogP contribution >= 0.6 is 12.0 Å². The second kappa shape index (κ2) is 11.0. The number of hydrogen-bond acceptors (Lipinski definition) is 4. The third-order valence-corrected chi connectivity index (χ3v) is 6.41. The molecule has 0 fully saturated rings. The zero-order chi connectivity index (χ0) is 23.9. The molecule has 4 aromatic rings. The monoisotopic (exact) mass is 452 g/mol. The molecule has 3 nitrogen and oxygen atoms in total. The van der Waals surface area contributed by atoms with Gasteiger partial charge in [-0.3, -0.25) is 0 Å². The van der Waals surface area contributed by atoms with Crippen molar-refractivity contribution in [3.8, 4) is 0 Å². The van der Waals surface area contributed by atoms with E-state index in [1.54, 1.807) is 13.8 Å². The Hall–Kier alpha value is -2.27. The van der Waals surface area contributed by atoms with E-state index in [4.69, 9.17) is 8.60 Å². The summed E-state index contributed by atoms with van der Waals surface area (Å²) in [5.41, 5.74) is 0.102. The molecule has 0 bridgehead atoms. The van der Waals surface area contributed by atoms with Gasteiger partial charge in [-0.15, -0.1) is 0 Å². The molecule has 0 amide bonds. The van der Waals surface area contributed by atoms with Gasteiger partial charge in [0.05, 0.1) is 5.60 Å². The summed E-state index contributed by atoms with van der Waals surface area (Å²) >= 11 is 1.26. The number of fused-ring (bicyclic) bond motifs is 4. The average molecular weight is 453 g/mol. The average Bonchev–Trinajstić information content (AvgIpc) is 3.13. The molecular weight excluding hydrogens is 416 g/mol. The van der Waals surface area contributed by atoms with Crippen molar-refractivity contribution in [2.45, 2.75) is 71.5 Å². The van der Waals surface area contributed by atoms with Crippen molar-refractivity contribution in [3.05, 3.63) is 66.7 Å². The Balaban J connectivity index is 0.000000547. The fourth-order valence-electron chi connectivity index (χ4n) is 2.75. The normalized spacial score (nSPS) is 12.0. The van der Waals surface area contributed by atoms with E-state index in [0.717, 1.165) is 26.8 Å². The molecule has 1 aromatic heterocycles. The van der Waals surface area contributed by atoms with Crippen LogP contribution in [0, 0.1) is 0 Å². The molecule has 32 heavy (non-hydrogen) atoms. The second-order valence-electron chi connectivity index (χ2n) is 8.36. The Morgan fingerprint density at radius 2 is 1.38 bits per heavy atom. The Morgan fingerprint density at radius 3 is 1.94 bits per heavy atom. The minimum Gasteiger partial charge on any atom is -0.456 e. The van der Waals surface area contributed by atoms with Crippen LogP contribution in [0.15, 0.2) is 76.1 Å². The highest BCUT2D eigenvalue weighted by Crippen LogP contribution is 2.37. The lowest BCUT2D eigenvalue weighted by atomic mass is 9.90. The van der Waals surface area contributed by atoms with Crippen molar-refractivity contribution in [2.24, 2.45) is 0 Å². The summed E-state index contributed by atoms with van der Waals surface area (Å²) in [7, 11) is 0. The van der Waals surface area contributed by atoms with Gasteiger partial charge in [-0.1, -0.05) is 50.3 Å². The molecule has 3 aromatic carbocycles. The van der Waals surface area contributed by atoms with E-state index in [1.165, 1.54) is 22.8 Å². The molecule has 4 heteroatoms. The lowest BCUT2D eigenvalue weighted by Crippen LogP contribution is -2.45. The van der Waals surface area contributed by atoms with Crippen LogP contribution in [0.1, 0.15) is 55.4 Å². The van der Waals surface area contributed by atoms with Crippen LogP contribution in [0.5, 0.6) is 0 Å². The molecule has 0 spiro atoms. The second-order valence-corrected chi connectivity index (χ2v) is 9.16. The van der Waals surface area contributed by atoms with Crippen LogP contribution in [0.25, 0.3) is 32.7 Å². The Labute approximate surface area is 196 Å². The van der Waals surface area contributed by atoms with Crippen LogP contribution in [0.2, 0.25) is 0 Å². The predicted molar refractivity (Wildman–Crippen MR) is 140 cm³/mol.